The minimum Gasteiger partial charge on any atom is -0.444 e. The molecule has 2 bridgehead atoms. The number of nitrogens with zero attached hydrogens (tertiary/aromatic N) is 1. The van der Waals surface area contributed by atoms with E-state index in [1.807, 2.05) is 25.7 Å². The van der Waals surface area contributed by atoms with Crippen LogP contribution in [0.3, 0.4) is 0 Å². The third-order valence-electron chi connectivity index (χ3n) is 5.09. The van der Waals surface area contributed by atoms with Gasteiger partial charge in [0, 0.05) is 18.0 Å². The van der Waals surface area contributed by atoms with Crippen LogP contribution in [-0.4, -0.2) is 34.5 Å². The summed E-state index contributed by atoms with van der Waals surface area (Å²) >= 11 is 0. The van der Waals surface area contributed by atoms with E-state index in [2.05, 4.69) is 0 Å². The van der Waals surface area contributed by atoms with E-state index in [-0.39, 0.29) is 35.4 Å². The van der Waals surface area contributed by atoms with E-state index in [4.69, 9.17) is 4.74 Å². The highest BCUT2D eigenvalue weighted by Gasteiger charge is 2.44. The van der Waals surface area contributed by atoms with Crippen molar-refractivity contribution < 1.29 is 18.7 Å². The molecule has 0 aliphatic carbocycles. The van der Waals surface area contributed by atoms with Crippen LogP contribution in [0.1, 0.15) is 63.2 Å². The van der Waals surface area contributed by atoms with Gasteiger partial charge in [0.15, 0.2) is 5.78 Å². The van der Waals surface area contributed by atoms with Gasteiger partial charge in [0.05, 0.1) is 5.56 Å². The van der Waals surface area contributed by atoms with E-state index in [9.17, 15) is 14.0 Å². The van der Waals surface area contributed by atoms with Crippen LogP contribution in [-0.2, 0) is 4.74 Å². The summed E-state index contributed by atoms with van der Waals surface area (Å²) in [6.45, 7) is 5.57. The zero-order chi connectivity index (χ0) is 18.2. The number of ether oxygens (including phenoxy) is 1. The predicted octanol–water partition coefficient (Wildman–Crippen LogP) is 4.58. The second-order valence-corrected chi connectivity index (χ2v) is 8.14. The quantitative estimate of drug-likeness (QED) is 0.736. The molecule has 0 aromatic heterocycles. The van der Waals surface area contributed by atoms with Crippen LogP contribution in [0.5, 0.6) is 0 Å². The van der Waals surface area contributed by atoms with Crippen LogP contribution in [0, 0.1) is 11.7 Å². The molecule has 1 amide bonds. The zero-order valence-electron chi connectivity index (χ0n) is 15.1. The van der Waals surface area contributed by atoms with Crippen molar-refractivity contribution in [1.29, 1.82) is 0 Å². The molecule has 25 heavy (non-hydrogen) atoms. The van der Waals surface area contributed by atoms with Crippen LogP contribution in [0.25, 0.3) is 0 Å². The number of hydrogen-bond donors (Lipinski definition) is 0. The van der Waals surface area contributed by atoms with Gasteiger partial charge in [-0.25, -0.2) is 9.18 Å². The number of Topliss-reactive ketones (excluding diaryl/α,β-unsaturated/α-hetero) is 1. The molecule has 0 saturated carbocycles. The maximum atomic E-state index is 14.0. The summed E-state index contributed by atoms with van der Waals surface area (Å²) in [5.74, 6) is -0.836. The van der Waals surface area contributed by atoms with E-state index < -0.39 is 11.4 Å². The average Bonchev–Trinajstić information content (AvgIpc) is 2.51. The van der Waals surface area contributed by atoms with Gasteiger partial charge in [-0.1, -0.05) is 12.1 Å². The number of halogens is 1. The molecule has 0 N–H and O–H groups in total. The van der Waals surface area contributed by atoms with Crippen LogP contribution in [0.4, 0.5) is 9.18 Å². The number of carbonyl (C=O) groups is 2. The lowest BCUT2D eigenvalue weighted by Crippen LogP contribution is -2.56. The highest BCUT2D eigenvalue weighted by atomic mass is 19.1. The maximum Gasteiger partial charge on any atom is 0.410 e. The fourth-order valence-corrected chi connectivity index (χ4v) is 4.09. The second kappa shape index (κ2) is 6.77. The summed E-state index contributed by atoms with van der Waals surface area (Å²) in [6, 6.07) is 6.16. The van der Waals surface area contributed by atoms with Gasteiger partial charge in [-0.15, -0.1) is 0 Å². The number of piperidine rings is 2. The van der Waals surface area contributed by atoms with Gasteiger partial charge >= 0.3 is 6.09 Å². The van der Waals surface area contributed by atoms with Gasteiger partial charge in [0.25, 0.3) is 0 Å². The van der Waals surface area contributed by atoms with Crippen molar-refractivity contribution in [3.8, 4) is 0 Å². The normalized spacial score (nSPS) is 26.2. The fraction of sp³-hybridized carbons (Fsp3) is 0.600. The Labute approximate surface area is 148 Å². The molecular formula is C20H26FNO3. The first kappa shape index (κ1) is 17.9. The van der Waals surface area contributed by atoms with E-state index >= 15 is 0 Å². The molecule has 5 heteroatoms. The molecule has 2 aliphatic rings. The van der Waals surface area contributed by atoms with Crippen molar-refractivity contribution in [2.75, 3.05) is 0 Å². The van der Waals surface area contributed by atoms with Gasteiger partial charge in [-0.05, 0) is 65.0 Å². The van der Waals surface area contributed by atoms with Crippen LogP contribution in [0.2, 0.25) is 0 Å². The molecule has 3 rings (SSSR count). The third kappa shape index (κ3) is 3.86. The molecule has 0 radical (unpaired) electrons. The highest BCUT2D eigenvalue weighted by Crippen LogP contribution is 2.39. The SMILES string of the molecule is CC(C)(C)OC(=O)N1C2CCCC1CC(C(=O)c1ccccc1F)C2. The predicted molar refractivity (Wildman–Crippen MR) is 93.0 cm³/mol. The largest absolute Gasteiger partial charge is 0.444 e. The molecule has 4 nitrogen and oxygen atoms in total. The molecule has 0 spiro atoms. The Morgan fingerprint density at radius 1 is 1.12 bits per heavy atom. The number of rotatable bonds is 2. The smallest absolute Gasteiger partial charge is 0.410 e. The summed E-state index contributed by atoms with van der Waals surface area (Å²) in [4.78, 5) is 27.2. The maximum absolute atomic E-state index is 14.0. The molecule has 2 aliphatic heterocycles. The van der Waals surface area contributed by atoms with E-state index in [0.717, 1.165) is 19.3 Å². The fourth-order valence-electron chi connectivity index (χ4n) is 4.09. The van der Waals surface area contributed by atoms with E-state index in [1.165, 1.54) is 6.07 Å². The van der Waals surface area contributed by atoms with E-state index in [0.29, 0.717) is 12.8 Å². The Hall–Kier alpha value is -1.91. The Morgan fingerprint density at radius 2 is 1.72 bits per heavy atom. The Morgan fingerprint density at radius 3 is 2.28 bits per heavy atom. The summed E-state index contributed by atoms with van der Waals surface area (Å²) in [7, 11) is 0. The van der Waals surface area contributed by atoms with Crippen molar-refractivity contribution in [2.24, 2.45) is 5.92 Å². The van der Waals surface area contributed by atoms with Gasteiger partial charge in [-0.3, -0.25) is 4.79 Å². The van der Waals surface area contributed by atoms with Gasteiger partial charge < -0.3 is 9.64 Å². The van der Waals surface area contributed by atoms with Gasteiger partial charge in [0.1, 0.15) is 11.4 Å². The zero-order valence-corrected chi connectivity index (χ0v) is 15.1. The summed E-state index contributed by atoms with van der Waals surface area (Å²) < 4.78 is 19.5. The number of amides is 1. The number of fused-ring (bicyclic) bond motifs is 2. The molecule has 2 fully saturated rings. The lowest BCUT2D eigenvalue weighted by atomic mass is 9.76. The minimum absolute atomic E-state index is 0.00285. The lowest BCUT2D eigenvalue weighted by molar-refractivity contribution is -0.0261. The highest BCUT2D eigenvalue weighted by molar-refractivity contribution is 5.98. The molecule has 2 saturated heterocycles. The molecule has 1 aromatic rings. The molecule has 2 heterocycles. The van der Waals surface area contributed by atoms with Crippen LogP contribution < -0.4 is 0 Å². The lowest BCUT2D eigenvalue weighted by Gasteiger charge is -2.48. The van der Waals surface area contributed by atoms with Gasteiger partial charge in [-0.2, -0.15) is 0 Å². The topological polar surface area (TPSA) is 46.6 Å². The first-order valence-corrected chi connectivity index (χ1v) is 9.06. The van der Waals surface area contributed by atoms with Gasteiger partial charge in [0.2, 0.25) is 0 Å². The van der Waals surface area contributed by atoms with Crippen molar-refractivity contribution in [2.45, 2.75) is 70.6 Å². The summed E-state index contributed by atoms with van der Waals surface area (Å²) in [5, 5.41) is 0. The summed E-state index contributed by atoms with van der Waals surface area (Å²) in [5.41, 5.74) is -0.373. The second-order valence-electron chi connectivity index (χ2n) is 8.14. The standard InChI is InChI=1S/C20H26FNO3/c1-20(2,3)25-19(24)22-14-7-6-8-15(22)12-13(11-14)18(23)16-9-4-5-10-17(16)21/h4-5,9-10,13-15H,6-8,11-12H2,1-3H3. The molecular weight excluding hydrogens is 321 g/mol. The number of carbonyl (C=O) groups excluding carboxylic acids is 2. The van der Waals surface area contributed by atoms with Crippen molar-refractivity contribution in [1.82, 2.24) is 4.90 Å². The monoisotopic (exact) mass is 347 g/mol. The molecule has 2 unspecified atom stereocenters. The Balaban J connectivity index is 1.76. The van der Waals surface area contributed by atoms with Crippen molar-refractivity contribution in [3.63, 3.8) is 0 Å². The van der Waals surface area contributed by atoms with E-state index in [1.54, 1.807) is 18.2 Å². The molecule has 2 atom stereocenters. The Kier molecular flexibility index (Phi) is 4.85. The Bertz CT molecular complexity index is 653. The first-order chi connectivity index (χ1) is 11.8. The van der Waals surface area contributed by atoms with Crippen LogP contribution in [0.15, 0.2) is 24.3 Å². The van der Waals surface area contributed by atoms with Crippen molar-refractivity contribution in [3.05, 3.63) is 35.6 Å². The summed E-state index contributed by atoms with van der Waals surface area (Å²) in [6.07, 6.45) is 3.67. The van der Waals surface area contributed by atoms with Crippen LogP contribution >= 0.6 is 0 Å². The third-order valence-corrected chi connectivity index (χ3v) is 5.09. The number of hydrogen-bond acceptors (Lipinski definition) is 3. The molecule has 136 valence electrons. The average molecular weight is 347 g/mol. The van der Waals surface area contributed by atoms with Crippen molar-refractivity contribution >= 4 is 11.9 Å². The molecule has 1 aromatic carbocycles. The number of ketones is 1. The first-order valence-electron chi connectivity index (χ1n) is 9.06. The number of benzene rings is 1. The minimum atomic E-state index is -0.536.